The van der Waals surface area contributed by atoms with Crippen molar-refractivity contribution in [2.45, 2.75) is 13.3 Å². The molecule has 0 aliphatic heterocycles. The van der Waals surface area contributed by atoms with Crippen LogP contribution in [0.4, 0.5) is 5.69 Å². The summed E-state index contributed by atoms with van der Waals surface area (Å²) in [4.78, 5) is 0. The summed E-state index contributed by atoms with van der Waals surface area (Å²) in [6.45, 7) is 10.3. The zero-order chi connectivity index (χ0) is 16.5. The van der Waals surface area contributed by atoms with Crippen LogP contribution in [0.3, 0.4) is 0 Å². The van der Waals surface area contributed by atoms with Crippen LogP contribution in [-0.2, 0) is 4.74 Å². The third-order valence-electron chi connectivity index (χ3n) is 3.23. The molecule has 1 aliphatic rings. The molecule has 1 aliphatic carbocycles. The van der Waals surface area contributed by atoms with Gasteiger partial charge in [0.25, 0.3) is 0 Å². The Morgan fingerprint density at radius 3 is 2.65 bits per heavy atom. The van der Waals surface area contributed by atoms with Crippen molar-refractivity contribution in [2.24, 2.45) is 16.1 Å². The number of rotatable bonds is 8. The van der Waals surface area contributed by atoms with Crippen LogP contribution in [0, 0.1) is 5.92 Å². The topological polar surface area (TPSA) is 43.2 Å². The van der Waals surface area contributed by atoms with E-state index >= 15 is 0 Å². The fourth-order valence-electron chi connectivity index (χ4n) is 2.12. The molecule has 0 bridgehead atoms. The van der Waals surface area contributed by atoms with Crippen molar-refractivity contribution in [3.8, 4) is 5.75 Å². The lowest BCUT2D eigenvalue weighted by Gasteiger charge is -2.16. The molecule has 2 rings (SSSR count). The molecule has 0 radical (unpaired) electrons. The highest BCUT2D eigenvalue weighted by atomic mass is 16.5. The lowest BCUT2D eigenvalue weighted by molar-refractivity contribution is 0.253. The van der Waals surface area contributed by atoms with E-state index in [-0.39, 0.29) is 0 Å². The highest BCUT2D eigenvalue weighted by molar-refractivity contribution is 5.51. The van der Waals surface area contributed by atoms with Gasteiger partial charge in [-0.3, -0.25) is 0 Å². The van der Waals surface area contributed by atoms with E-state index < -0.39 is 0 Å². The average Bonchev–Trinajstić information content (AvgIpc) is 2.58. The van der Waals surface area contributed by atoms with Gasteiger partial charge in [-0.2, -0.15) is 5.11 Å². The molecule has 0 spiro atoms. The number of hydrogen-bond donors (Lipinski definition) is 0. The second-order valence-electron chi connectivity index (χ2n) is 5.22. The van der Waals surface area contributed by atoms with Gasteiger partial charge in [0.15, 0.2) is 0 Å². The second kappa shape index (κ2) is 8.73. The Bertz CT molecular complexity index is 645. The summed E-state index contributed by atoms with van der Waals surface area (Å²) in [5.41, 5.74) is 1.52. The van der Waals surface area contributed by atoms with Crippen LogP contribution >= 0.6 is 0 Å². The molecular weight excluding hydrogens is 288 g/mol. The molecule has 0 N–H and O–H groups in total. The average molecular weight is 310 g/mol. The van der Waals surface area contributed by atoms with Gasteiger partial charge in [0, 0.05) is 6.42 Å². The van der Waals surface area contributed by atoms with Crippen molar-refractivity contribution in [1.29, 1.82) is 0 Å². The van der Waals surface area contributed by atoms with E-state index in [1.54, 1.807) is 12.2 Å². The molecule has 4 nitrogen and oxygen atoms in total. The largest absolute Gasteiger partial charge is 0.488 e. The van der Waals surface area contributed by atoms with Gasteiger partial charge in [-0.25, -0.2) is 0 Å². The quantitative estimate of drug-likeness (QED) is 0.480. The molecule has 0 amide bonds. The minimum Gasteiger partial charge on any atom is -0.488 e. The van der Waals surface area contributed by atoms with E-state index in [0.29, 0.717) is 30.6 Å². The van der Waals surface area contributed by atoms with E-state index in [1.807, 2.05) is 30.3 Å². The highest BCUT2D eigenvalue weighted by Gasteiger charge is 2.14. The molecule has 0 aromatic heterocycles. The predicted octanol–water partition coefficient (Wildman–Crippen LogP) is 5.35. The predicted molar refractivity (Wildman–Crippen MR) is 92.7 cm³/mol. The lowest BCUT2D eigenvalue weighted by Crippen LogP contribution is -2.03. The fraction of sp³-hybridized carbons (Fsp3) is 0.263. The van der Waals surface area contributed by atoms with Gasteiger partial charge in [-0.15, -0.1) is 5.11 Å². The van der Waals surface area contributed by atoms with Crippen molar-refractivity contribution < 1.29 is 9.47 Å². The summed E-state index contributed by atoms with van der Waals surface area (Å²) in [6, 6.07) is 7.54. The molecular formula is C19H22N2O2. The van der Waals surface area contributed by atoms with E-state index in [9.17, 15) is 0 Å². The Morgan fingerprint density at radius 1 is 1.13 bits per heavy atom. The number of azo groups is 1. The Kier molecular flexibility index (Phi) is 6.36. The summed E-state index contributed by atoms with van der Waals surface area (Å²) in [5.74, 6) is 1.84. The summed E-state index contributed by atoms with van der Waals surface area (Å²) in [6.07, 6.45) is 8.27. The normalized spacial score (nSPS) is 17.3. The Morgan fingerprint density at radius 2 is 1.87 bits per heavy atom. The third-order valence-corrected chi connectivity index (χ3v) is 3.23. The summed E-state index contributed by atoms with van der Waals surface area (Å²) in [5, 5.41) is 8.74. The van der Waals surface area contributed by atoms with Crippen molar-refractivity contribution >= 4 is 5.69 Å². The van der Waals surface area contributed by atoms with Gasteiger partial charge in [0.05, 0.1) is 0 Å². The SMILES string of the molecule is C=CCOC1=C(N=Nc2ccccc2OCC=C)CC(C)C=C1. The maximum atomic E-state index is 5.65. The zero-order valence-electron chi connectivity index (χ0n) is 13.4. The first-order valence-electron chi connectivity index (χ1n) is 7.64. The summed E-state index contributed by atoms with van der Waals surface area (Å²) >= 11 is 0. The first kappa shape index (κ1) is 16.7. The van der Waals surface area contributed by atoms with Crippen LogP contribution in [0.1, 0.15) is 13.3 Å². The van der Waals surface area contributed by atoms with Crippen LogP contribution in [0.5, 0.6) is 5.75 Å². The molecule has 0 saturated carbocycles. The van der Waals surface area contributed by atoms with E-state index in [0.717, 1.165) is 17.9 Å². The molecule has 0 heterocycles. The van der Waals surface area contributed by atoms with Crippen LogP contribution in [-0.4, -0.2) is 13.2 Å². The number of allylic oxidation sites excluding steroid dienone is 3. The molecule has 1 unspecified atom stereocenters. The second-order valence-corrected chi connectivity index (χ2v) is 5.22. The lowest BCUT2D eigenvalue weighted by atomic mass is 10.00. The van der Waals surface area contributed by atoms with Gasteiger partial charge >= 0.3 is 0 Å². The number of nitrogens with zero attached hydrogens (tertiary/aromatic N) is 2. The van der Waals surface area contributed by atoms with Gasteiger partial charge < -0.3 is 9.47 Å². The van der Waals surface area contributed by atoms with Gasteiger partial charge in [-0.05, 0) is 24.1 Å². The van der Waals surface area contributed by atoms with Gasteiger partial charge in [0.1, 0.15) is 36.1 Å². The molecule has 1 aromatic carbocycles. The number of para-hydroxylation sites is 1. The highest BCUT2D eigenvalue weighted by Crippen LogP contribution is 2.30. The minimum atomic E-state index is 0.410. The molecule has 120 valence electrons. The Balaban J connectivity index is 2.22. The maximum absolute atomic E-state index is 5.65. The van der Waals surface area contributed by atoms with Crippen LogP contribution in [0.15, 0.2) is 83.4 Å². The Hall–Kier alpha value is -2.62. The first-order valence-corrected chi connectivity index (χ1v) is 7.64. The standard InChI is InChI=1S/C19H22N2O2/c1-4-12-22-18-9-7-6-8-16(18)20-21-17-14-15(3)10-11-19(17)23-13-5-2/h4-11,15H,1-2,12-14H2,3H3. The molecule has 1 aromatic rings. The van der Waals surface area contributed by atoms with Crippen LogP contribution in [0.2, 0.25) is 0 Å². The number of ether oxygens (including phenoxy) is 2. The molecule has 0 saturated heterocycles. The Labute approximate surface area is 137 Å². The molecule has 23 heavy (non-hydrogen) atoms. The maximum Gasteiger partial charge on any atom is 0.147 e. The van der Waals surface area contributed by atoms with Crippen molar-refractivity contribution in [1.82, 2.24) is 0 Å². The van der Waals surface area contributed by atoms with Crippen molar-refractivity contribution in [2.75, 3.05) is 13.2 Å². The smallest absolute Gasteiger partial charge is 0.147 e. The van der Waals surface area contributed by atoms with Gasteiger partial charge in [-0.1, -0.05) is 50.4 Å². The fourth-order valence-corrected chi connectivity index (χ4v) is 2.12. The molecule has 1 atom stereocenters. The molecule has 0 fully saturated rings. The third kappa shape index (κ3) is 4.95. The van der Waals surface area contributed by atoms with Crippen molar-refractivity contribution in [3.05, 3.63) is 73.2 Å². The summed E-state index contributed by atoms with van der Waals surface area (Å²) in [7, 11) is 0. The van der Waals surface area contributed by atoms with Crippen LogP contribution < -0.4 is 4.74 Å². The van der Waals surface area contributed by atoms with E-state index in [4.69, 9.17) is 9.47 Å². The minimum absolute atomic E-state index is 0.410. The monoisotopic (exact) mass is 310 g/mol. The molecule has 4 heteroatoms. The number of hydrogen-bond acceptors (Lipinski definition) is 4. The number of benzene rings is 1. The van der Waals surface area contributed by atoms with Crippen LogP contribution in [0.25, 0.3) is 0 Å². The zero-order valence-corrected chi connectivity index (χ0v) is 13.4. The van der Waals surface area contributed by atoms with E-state index in [1.165, 1.54) is 0 Å². The van der Waals surface area contributed by atoms with Crippen molar-refractivity contribution in [3.63, 3.8) is 0 Å². The van der Waals surface area contributed by atoms with Gasteiger partial charge in [0.2, 0.25) is 0 Å². The summed E-state index contributed by atoms with van der Waals surface area (Å²) < 4.78 is 11.2. The van der Waals surface area contributed by atoms with E-state index in [2.05, 4.69) is 36.4 Å². The first-order chi connectivity index (χ1) is 11.2.